The summed E-state index contributed by atoms with van der Waals surface area (Å²) in [5.41, 5.74) is 1.01. The van der Waals surface area contributed by atoms with Gasteiger partial charge < -0.3 is 5.11 Å². The molecule has 0 amide bonds. The maximum atomic E-state index is 12.1. The monoisotopic (exact) mass is 313 g/mol. The molecule has 0 saturated carbocycles. The maximum absolute atomic E-state index is 12.1. The third-order valence-electron chi connectivity index (χ3n) is 3.52. The van der Waals surface area contributed by atoms with E-state index in [1.807, 2.05) is 13.8 Å². The summed E-state index contributed by atoms with van der Waals surface area (Å²) in [6, 6.07) is 6.69. The first-order chi connectivity index (χ1) is 9.85. The van der Waals surface area contributed by atoms with Crippen LogP contribution in [-0.2, 0) is 14.8 Å². The Kier molecular flexibility index (Phi) is 6.84. The number of sulfonamides is 1. The van der Waals surface area contributed by atoms with Crippen LogP contribution in [0.1, 0.15) is 38.2 Å². The fourth-order valence-electron chi connectivity index (χ4n) is 2.08. The fraction of sp³-hybridized carbons (Fsp3) is 0.533. The Morgan fingerprint density at radius 3 is 2.38 bits per heavy atom. The summed E-state index contributed by atoms with van der Waals surface area (Å²) < 4.78 is 26.7. The van der Waals surface area contributed by atoms with Crippen molar-refractivity contribution in [3.8, 4) is 0 Å². The van der Waals surface area contributed by atoms with Crippen LogP contribution in [-0.4, -0.2) is 26.0 Å². The summed E-state index contributed by atoms with van der Waals surface area (Å²) in [6.07, 6.45) is 2.20. The van der Waals surface area contributed by atoms with Gasteiger partial charge in [-0.3, -0.25) is 4.79 Å². The van der Waals surface area contributed by atoms with Gasteiger partial charge in [-0.2, -0.15) is 0 Å². The molecule has 1 atom stereocenters. The van der Waals surface area contributed by atoms with E-state index < -0.39 is 16.0 Å². The van der Waals surface area contributed by atoms with Crippen molar-refractivity contribution in [1.82, 2.24) is 4.72 Å². The fourth-order valence-corrected chi connectivity index (χ4v) is 3.13. The van der Waals surface area contributed by atoms with Gasteiger partial charge in [-0.15, -0.1) is 0 Å². The first-order valence-corrected chi connectivity index (χ1v) is 8.61. The second kappa shape index (κ2) is 8.14. The summed E-state index contributed by atoms with van der Waals surface area (Å²) in [5, 5.41) is 8.67. The predicted octanol–water partition coefficient (Wildman–Crippen LogP) is 2.55. The van der Waals surface area contributed by atoms with Gasteiger partial charge in [-0.1, -0.05) is 31.0 Å². The number of hydrogen-bond acceptors (Lipinski definition) is 3. The molecular weight excluding hydrogens is 290 g/mol. The highest BCUT2D eigenvalue weighted by atomic mass is 32.2. The smallest absolute Gasteiger partial charge is 0.303 e. The first-order valence-electron chi connectivity index (χ1n) is 7.13. The van der Waals surface area contributed by atoms with Crippen LogP contribution in [0.5, 0.6) is 0 Å². The topological polar surface area (TPSA) is 83.5 Å². The van der Waals surface area contributed by atoms with E-state index in [4.69, 9.17) is 5.11 Å². The minimum Gasteiger partial charge on any atom is -0.481 e. The summed E-state index contributed by atoms with van der Waals surface area (Å²) in [7, 11) is -3.48. The van der Waals surface area contributed by atoms with Crippen molar-refractivity contribution in [3.05, 3.63) is 29.8 Å². The van der Waals surface area contributed by atoms with Crippen LogP contribution in [0.15, 0.2) is 29.2 Å². The number of carboxylic acids is 1. The van der Waals surface area contributed by atoms with E-state index in [9.17, 15) is 13.2 Å². The molecule has 0 aliphatic heterocycles. The number of aliphatic carboxylic acids is 1. The van der Waals surface area contributed by atoms with Crippen LogP contribution in [0, 0.1) is 12.8 Å². The molecule has 0 aromatic heterocycles. The minimum absolute atomic E-state index is 0.128. The summed E-state index contributed by atoms with van der Waals surface area (Å²) in [6.45, 7) is 4.22. The maximum Gasteiger partial charge on any atom is 0.303 e. The Balaban J connectivity index is 2.49. The quantitative estimate of drug-likeness (QED) is 0.734. The zero-order valence-corrected chi connectivity index (χ0v) is 13.3. The SMILES string of the molecule is CCC(CCNS(=O)(=O)c1ccc(C)cc1)CCC(=O)O. The lowest BCUT2D eigenvalue weighted by atomic mass is 9.97. The molecule has 21 heavy (non-hydrogen) atoms. The Hall–Kier alpha value is -1.40. The molecule has 0 aliphatic carbocycles. The lowest BCUT2D eigenvalue weighted by Gasteiger charge is -2.14. The molecule has 1 rings (SSSR count). The van der Waals surface area contributed by atoms with Gasteiger partial charge in [0.25, 0.3) is 0 Å². The van der Waals surface area contributed by atoms with Crippen LogP contribution < -0.4 is 4.72 Å². The highest BCUT2D eigenvalue weighted by molar-refractivity contribution is 7.89. The molecule has 0 radical (unpaired) electrons. The lowest BCUT2D eigenvalue weighted by Crippen LogP contribution is -2.26. The lowest BCUT2D eigenvalue weighted by molar-refractivity contribution is -0.137. The zero-order chi connectivity index (χ0) is 15.9. The van der Waals surface area contributed by atoms with Gasteiger partial charge in [-0.05, 0) is 37.8 Å². The van der Waals surface area contributed by atoms with Gasteiger partial charge in [0.05, 0.1) is 4.90 Å². The average Bonchev–Trinajstić information content (AvgIpc) is 2.42. The largest absolute Gasteiger partial charge is 0.481 e. The Morgan fingerprint density at radius 1 is 1.24 bits per heavy atom. The third kappa shape index (κ3) is 6.27. The molecule has 6 heteroatoms. The number of aryl methyl sites for hydroxylation is 1. The van der Waals surface area contributed by atoms with E-state index in [1.54, 1.807) is 24.3 Å². The van der Waals surface area contributed by atoms with Crippen LogP contribution in [0.3, 0.4) is 0 Å². The summed E-state index contributed by atoms with van der Waals surface area (Å²) in [4.78, 5) is 10.8. The number of hydrogen-bond donors (Lipinski definition) is 2. The second-order valence-electron chi connectivity index (χ2n) is 5.21. The second-order valence-corrected chi connectivity index (χ2v) is 6.97. The summed E-state index contributed by atoms with van der Waals surface area (Å²) >= 11 is 0. The molecule has 0 aliphatic rings. The number of rotatable bonds is 9. The Labute approximate surface area is 126 Å². The minimum atomic E-state index is -3.48. The van der Waals surface area contributed by atoms with E-state index in [0.717, 1.165) is 12.0 Å². The predicted molar refractivity (Wildman–Crippen MR) is 81.6 cm³/mol. The highest BCUT2D eigenvalue weighted by Crippen LogP contribution is 2.16. The molecule has 0 saturated heterocycles. The van der Waals surface area contributed by atoms with Gasteiger partial charge in [0, 0.05) is 13.0 Å². The number of carboxylic acid groups (broad SMARTS) is 1. The molecule has 5 nitrogen and oxygen atoms in total. The molecule has 0 heterocycles. The molecule has 2 N–H and O–H groups in total. The first kappa shape index (κ1) is 17.7. The molecular formula is C15H23NO4S. The molecule has 0 fully saturated rings. The zero-order valence-electron chi connectivity index (χ0n) is 12.5. The van der Waals surface area contributed by atoms with E-state index in [2.05, 4.69) is 4.72 Å². The van der Waals surface area contributed by atoms with Crippen molar-refractivity contribution in [2.24, 2.45) is 5.92 Å². The van der Waals surface area contributed by atoms with Gasteiger partial charge in [0.2, 0.25) is 10.0 Å². The van der Waals surface area contributed by atoms with Crippen molar-refractivity contribution in [1.29, 1.82) is 0 Å². The average molecular weight is 313 g/mol. The van der Waals surface area contributed by atoms with Crippen molar-refractivity contribution in [2.45, 2.75) is 44.4 Å². The molecule has 118 valence electrons. The Bertz CT molecular complexity index is 552. The number of carbonyl (C=O) groups is 1. The van der Waals surface area contributed by atoms with E-state index >= 15 is 0 Å². The Morgan fingerprint density at radius 2 is 1.86 bits per heavy atom. The van der Waals surface area contributed by atoms with Gasteiger partial charge in [0.15, 0.2) is 0 Å². The number of nitrogens with one attached hydrogen (secondary N) is 1. The van der Waals surface area contributed by atoms with E-state index in [-0.39, 0.29) is 17.2 Å². The van der Waals surface area contributed by atoms with Crippen LogP contribution in [0.25, 0.3) is 0 Å². The third-order valence-corrected chi connectivity index (χ3v) is 5.00. The van der Waals surface area contributed by atoms with Gasteiger partial charge >= 0.3 is 5.97 Å². The van der Waals surface area contributed by atoms with E-state index in [1.165, 1.54) is 0 Å². The standard InChI is InChI=1S/C15H23NO4S/c1-3-13(6-9-15(17)18)10-11-16-21(19,20)14-7-4-12(2)5-8-14/h4-5,7-8,13,16H,3,6,9-11H2,1-2H3,(H,17,18). The molecule has 1 aromatic rings. The highest BCUT2D eigenvalue weighted by Gasteiger charge is 2.15. The molecule has 0 bridgehead atoms. The molecule has 1 aromatic carbocycles. The van der Waals surface area contributed by atoms with Crippen molar-refractivity contribution >= 4 is 16.0 Å². The normalized spacial score (nSPS) is 13.0. The molecule has 1 unspecified atom stereocenters. The van der Waals surface area contributed by atoms with Crippen LogP contribution in [0.2, 0.25) is 0 Å². The van der Waals surface area contributed by atoms with Gasteiger partial charge in [0.1, 0.15) is 0 Å². The van der Waals surface area contributed by atoms with Crippen LogP contribution >= 0.6 is 0 Å². The van der Waals surface area contributed by atoms with E-state index in [0.29, 0.717) is 19.4 Å². The van der Waals surface area contributed by atoms with Gasteiger partial charge in [-0.25, -0.2) is 13.1 Å². The number of benzene rings is 1. The van der Waals surface area contributed by atoms with Crippen molar-refractivity contribution in [2.75, 3.05) is 6.54 Å². The van der Waals surface area contributed by atoms with Crippen LogP contribution in [0.4, 0.5) is 0 Å². The summed E-state index contributed by atoms with van der Waals surface area (Å²) in [5.74, 6) is -0.587. The van der Waals surface area contributed by atoms with Crippen molar-refractivity contribution in [3.63, 3.8) is 0 Å². The van der Waals surface area contributed by atoms with Crippen molar-refractivity contribution < 1.29 is 18.3 Å². The molecule has 0 spiro atoms.